The van der Waals surface area contributed by atoms with Gasteiger partial charge in [-0.1, -0.05) is 61.9 Å². The smallest absolute Gasteiger partial charge is 0.407 e. The third-order valence-corrected chi connectivity index (χ3v) is 5.43. The van der Waals surface area contributed by atoms with E-state index in [-0.39, 0.29) is 25.4 Å². The predicted octanol–water partition coefficient (Wildman–Crippen LogP) is 3.67. The topological polar surface area (TPSA) is 105 Å². The van der Waals surface area contributed by atoms with Gasteiger partial charge in [0.1, 0.15) is 12.6 Å². The van der Waals surface area contributed by atoms with Crippen LogP contribution in [0, 0.1) is 0 Å². The molecule has 164 valence electrons. The quantitative estimate of drug-likeness (QED) is 0.505. The molecule has 3 rings (SSSR count). The number of fused-ring (bicyclic) bond motifs is 3. The summed E-state index contributed by atoms with van der Waals surface area (Å²) in [4.78, 5) is 35.8. The van der Waals surface area contributed by atoms with Crippen LogP contribution in [0.5, 0.6) is 0 Å². The van der Waals surface area contributed by atoms with E-state index in [0.29, 0.717) is 6.54 Å². The van der Waals surface area contributed by atoms with Crippen LogP contribution in [0.2, 0.25) is 0 Å². The molecule has 2 aromatic carbocycles. The average molecular weight is 424 g/mol. The molecule has 1 atom stereocenters. The number of benzene rings is 2. The second-order valence-corrected chi connectivity index (χ2v) is 7.60. The molecule has 1 aliphatic rings. The Morgan fingerprint density at radius 3 is 2.23 bits per heavy atom. The van der Waals surface area contributed by atoms with Crippen LogP contribution in [0.3, 0.4) is 0 Å². The number of nitrogens with one attached hydrogen (secondary N) is 2. The molecule has 3 N–H and O–H groups in total. The van der Waals surface area contributed by atoms with Crippen LogP contribution >= 0.6 is 0 Å². The summed E-state index contributed by atoms with van der Waals surface area (Å²) in [5.41, 5.74) is 4.44. The largest absolute Gasteiger partial charge is 0.481 e. The molecule has 0 unspecified atom stereocenters. The van der Waals surface area contributed by atoms with Gasteiger partial charge in [0.2, 0.25) is 5.91 Å². The van der Waals surface area contributed by atoms with Crippen LogP contribution in [0.15, 0.2) is 48.5 Å². The summed E-state index contributed by atoms with van der Waals surface area (Å²) in [6.07, 6.45) is 0.762. The maximum atomic E-state index is 12.5. The minimum Gasteiger partial charge on any atom is -0.481 e. The lowest BCUT2D eigenvalue weighted by atomic mass is 9.98. The van der Waals surface area contributed by atoms with Crippen LogP contribution in [0.4, 0.5) is 4.79 Å². The van der Waals surface area contributed by atoms with E-state index in [2.05, 4.69) is 22.8 Å². The monoisotopic (exact) mass is 424 g/mol. The van der Waals surface area contributed by atoms with Crippen molar-refractivity contribution in [2.45, 2.75) is 44.6 Å². The molecule has 7 heteroatoms. The summed E-state index contributed by atoms with van der Waals surface area (Å²) in [5, 5.41) is 14.2. The Hall–Kier alpha value is -3.35. The van der Waals surface area contributed by atoms with Crippen molar-refractivity contribution in [1.82, 2.24) is 10.6 Å². The molecule has 0 heterocycles. The minimum atomic E-state index is -1.03. The van der Waals surface area contributed by atoms with Crippen molar-refractivity contribution in [2.24, 2.45) is 0 Å². The molecule has 7 nitrogen and oxygen atoms in total. The van der Waals surface area contributed by atoms with E-state index in [1.807, 2.05) is 43.3 Å². The highest BCUT2D eigenvalue weighted by Crippen LogP contribution is 2.44. The van der Waals surface area contributed by atoms with Crippen molar-refractivity contribution in [3.8, 4) is 11.1 Å². The molecule has 0 saturated carbocycles. The van der Waals surface area contributed by atoms with Crippen molar-refractivity contribution in [3.05, 3.63) is 59.7 Å². The van der Waals surface area contributed by atoms with Crippen LogP contribution in [-0.2, 0) is 14.3 Å². The summed E-state index contributed by atoms with van der Waals surface area (Å²) in [6.45, 7) is 2.61. The van der Waals surface area contributed by atoms with Gasteiger partial charge < -0.3 is 20.5 Å². The van der Waals surface area contributed by atoms with Gasteiger partial charge in [0.05, 0.1) is 0 Å². The predicted molar refractivity (Wildman–Crippen MR) is 117 cm³/mol. The number of ether oxygens (including phenoxy) is 1. The number of carboxylic acids is 1. The zero-order valence-corrected chi connectivity index (χ0v) is 17.6. The van der Waals surface area contributed by atoms with E-state index in [0.717, 1.165) is 35.1 Å². The van der Waals surface area contributed by atoms with Gasteiger partial charge in [-0.3, -0.25) is 9.59 Å². The number of unbranched alkanes of at least 4 members (excludes halogenated alkanes) is 1. The number of rotatable bonds is 10. The maximum Gasteiger partial charge on any atom is 0.407 e. The fourth-order valence-corrected chi connectivity index (χ4v) is 3.83. The molecule has 0 saturated heterocycles. The lowest BCUT2D eigenvalue weighted by Crippen LogP contribution is -2.47. The number of alkyl carbamates (subject to hydrolysis) is 1. The van der Waals surface area contributed by atoms with E-state index >= 15 is 0 Å². The molecule has 1 aliphatic carbocycles. The average Bonchev–Trinajstić information content (AvgIpc) is 3.09. The lowest BCUT2D eigenvalue weighted by molar-refractivity contribution is -0.137. The van der Waals surface area contributed by atoms with Crippen LogP contribution < -0.4 is 10.6 Å². The van der Waals surface area contributed by atoms with Gasteiger partial charge in [-0.2, -0.15) is 0 Å². The Kier molecular flexibility index (Phi) is 7.65. The summed E-state index contributed by atoms with van der Waals surface area (Å²) in [5.74, 6) is -1.52. The first-order chi connectivity index (χ1) is 15.0. The summed E-state index contributed by atoms with van der Waals surface area (Å²) in [6, 6.07) is 15.1. The first kappa shape index (κ1) is 22.3. The summed E-state index contributed by atoms with van der Waals surface area (Å²) < 4.78 is 5.48. The fourth-order valence-electron chi connectivity index (χ4n) is 3.83. The number of amides is 2. The van der Waals surface area contributed by atoms with Crippen molar-refractivity contribution >= 4 is 18.0 Å². The van der Waals surface area contributed by atoms with E-state index in [9.17, 15) is 14.4 Å². The van der Waals surface area contributed by atoms with E-state index in [1.165, 1.54) is 0 Å². The highest BCUT2D eigenvalue weighted by molar-refractivity contribution is 5.86. The van der Waals surface area contributed by atoms with Gasteiger partial charge in [-0.15, -0.1) is 0 Å². The second kappa shape index (κ2) is 10.6. The lowest BCUT2D eigenvalue weighted by Gasteiger charge is -2.19. The van der Waals surface area contributed by atoms with Gasteiger partial charge in [0.15, 0.2) is 0 Å². The molecule has 0 radical (unpaired) electrons. The zero-order valence-electron chi connectivity index (χ0n) is 17.6. The first-order valence-electron chi connectivity index (χ1n) is 10.6. The molecule has 0 aliphatic heterocycles. The molecule has 2 aromatic rings. The molecular weight excluding hydrogens is 396 g/mol. The Morgan fingerprint density at radius 1 is 1.03 bits per heavy atom. The van der Waals surface area contributed by atoms with Crippen LogP contribution in [0.1, 0.15) is 49.7 Å². The molecule has 0 spiro atoms. The first-order valence-corrected chi connectivity index (χ1v) is 10.6. The van der Waals surface area contributed by atoms with Crippen LogP contribution in [-0.4, -0.2) is 42.3 Å². The molecule has 0 bridgehead atoms. The fraction of sp³-hybridized carbons (Fsp3) is 0.375. The maximum absolute atomic E-state index is 12.5. The summed E-state index contributed by atoms with van der Waals surface area (Å²) >= 11 is 0. The van der Waals surface area contributed by atoms with Crippen molar-refractivity contribution in [1.29, 1.82) is 0 Å². The second-order valence-electron chi connectivity index (χ2n) is 7.60. The highest BCUT2D eigenvalue weighted by Gasteiger charge is 2.29. The third kappa shape index (κ3) is 5.63. The van der Waals surface area contributed by atoms with Gasteiger partial charge in [-0.25, -0.2) is 4.79 Å². The molecule has 31 heavy (non-hydrogen) atoms. The number of hydrogen-bond donors (Lipinski definition) is 3. The standard InChI is InChI=1S/C24H28N2O5/c1-2-3-14-25-23(29)21(12-13-22(27)28)26-24(30)31-15-20-18-10-6-4-8-16(18)17-9-5-7-11-19(17)20/h4-11,20-21H,2-3,12-15H2,1H3,(H,25,29)(H,26,30)(H,27,28)/t21-/m1/s1. The van der Waals surface area contributed by atoms with Gasteiger partial charge in [0, 0.05) is 18.9 Å². The number of aliphatic carboxylic acids is 1. The minimum absolute atomic E-state index is 0.00249. The highest BCUT2D eigenvalue weighted by atomic mass is 16.5. The summed E-state index contributed by atoms with van der Waals surface area (Å²) in [7, 11) is 0. The Labute approximate surface area is 181 Å². The Bertz CT molecular complexity index is 898. The SMILES string of the molecule is CCCCNC(=O)[C@@H](CCC(=O)O)NC(=O)OCC1c2ccccc2-c2ccccc21. The van der Waals surface area contributed by atoms with E-state index in [4.69, 9.17) is 9.84 Å². The van der Waals surface area contributed by atoms with Gasteiger partial charge >= 0.3 is 12.1 Å². The van der Waals surface area contributed by atoms with Crippen molar-refractivity contribution in [2.75, 3.05) is 13.2 Å². The van der Waals surface area contributed by atoms with Gasteiger partial charge in [0.25, 0.3) is 0 Å². The van der Waals surface area contributed by atoms with Crippen molar-refractivity contribution < 1.29 is 24.2 Å². The van der Waals surface area contributed by atoms with E-state index < -0.39 is 24.0 Å². The molecular formula is C24H28N2O5. The Morgan fingerprint density at radius 2 is 1.65 bits per heavy atom. The molecule has 0 aromatic heterocycles. The van der Waals surface area contributed by atoms with Crippen LogP contribution in [0.25, 0.3) is 11.1 Å². The van der Waals surface area contributed by atoms with Crippen molar-refractivity contribution in [3.63, 3.8) is 0 Å². The molecule has 0 fully saturated rings. The normalized spacial score (nSPS) is 13.1. The zero-order chi connectivity index (χ0) is 22.2. The number of carboxylic acid groups (broad SMARTS) is 1. The van der Waals surface area contributed by atoms with Gasteiger partial charge in [-0.05, 0) is 35.1 Å². The van der Waals surface area contributed by atoms with E-state index in [1.54, 1.807) is 0 Å². The number of carbonyl (C=O) groups is 3. The number of carbonyl (C=O) groups excluding carboxylic acids is 2. The third-order valence-electron chi connectivity index (χ3n) is 5.43. The number of hydrogen-bond acceptors (Lipinski definition) is 4. The Balaban J connectivity index is 1.63. The molecule has 2 amide bonds.